The molecule has 2 rings (SSSR count). The van der Waals surface area contributed by atoms with Gasteiger partial charge in [0.05, 0.1) is 12.6 Å². The van der Waals surface area contributed by atoms with Crippen molar-refractivity contribution >= 4 is 22.8 Å². The fourth-order valence-electron chi connectivity index (χ4n) is 2.03. The van der Waals surface area contributed by atoms with Crippen molar-refractivity contribution in [3.8, 4) is 5.75 Å². The lowest BCUT2D eigenvalue weighted by Crippen LogP contribution is -2.40. The van der Waals surface area contributed by atoms with E-state index < -0.39 is 23.7 Å². The van der Waals surface area contributed by atoms with Crippen molar-refractivity contribution in [1.82, 2.24) is 10.3 Å². The molecule has 0 aliphatic heterocycles. The largest absolute Gasteiger partial charge is 0.496 e. The molecule has 0 saturated carbocycles. The Bertz CT molecular complexity index is 696. The molecule has 0 aliphatic rings. The third-order valence-corrected chi connectivity index (χ3v) is 3.18. The number of carboxylic acids is 1. The maximum absolute atomic E-state index is 13.7. The van der Waals surface area contributed by atoms with E-state index in [-0.39, 0.29) is 17.6 Å². The zero-order valence-electron chi connectivity index (χ0n) is 11.6. The highest BCUT2D eigenvalue weighted by Gasteiger charge is 2.21. The molecule has 1 atom stereocenters. The molecule has 0 spiro atoms. The summed E-state index contributed by atoms with van der Waals surface area (Å²) in [5.74, 6) is -1.82. The van der Waals surface area contributed by atoms with Crippen LogP contribution in [0.3, 0.4) is 0 Å². The van der Waals surface area contributed by atoms with E-state index in [9.17, 15) is 14.0 Å². The molecule has 1 aromatic heterocycles. The number of nitrogens with one attached hydrogen (secondary N) is 2. The topological polar surface area (TPSA) is 91.4 Å². The Balaban J connectivity index is 2.37. The number of carbonyl (C=O) groups is 2. The van der Waals surface area contributed by atoms with Gasteiger partial charge in [-0.05, 0) is 24.6 Å². The van der Waals surface area contributed by atoms with Crippen LogP contribution in [0.1, 0.15) is 23.8 Å². The number of methoxy groups -OCH3 is 1. The quantitative estimate of drug-likeness (QED) is 0.785. The number of hydrogen-bond acceptors (Lipinski definition) is 3. The van der Waals surface area contributed by atoms with Crippen molar-refractivity contribution in [2.75, 3.05) is 7.11 Å². The van der Waals surface area contributed by atoms with Gasteiger partial charge in [0.2, 0.25) is 0 Å². The first-order valence-corrected chi connectivity index (χ1v) is 6.36. The van der Waals surface area contributed by atoms with Crippen LogP contribution in [-0.2, 0) is 4.79 Å². The van der Waals surface area contributed by atoms with Crippen molar-refractivity contribution in [1.29, 1.82) is 0 Å². The molecule has 1 amide bonds. The van der Waals surface area contributed by atoms with E-state index in [1.807, 2.05) is 0 Å². The number of aromatic amines is 1. The predicted molar refractivity (Wildman–Crippen MR) is 74.0 cm³/mol. The molecule has 0 radical (unpaired) electrons. The number of aliphatic carboxylic acids is 1. The van der Waals surface area contributed by atoms with E-state index in [0.29, 0.717) is 11.1 Å². The summed E-state index contributed by atoms with van der Waals surface area (Å²) >= 11 is 0. The van der Waals surface area contributed by atoms with Gasteiger partial charge in [0.15, 0.2) is 0 Å². The predicted octanol–water partition coefficient (Wildman–Crippen LogP) is 1.91. The van der Waals surface area contributed by atoms with Gasteiger partial charge in [0.25, 0.3) is 5.91 Å². The highest BCUT2D eigenvalue weighted by Crippen LogP contribution is 2.28. The molecule has 0 aliphatic carbocycles. The lowest BCUT2D eigenvalue weighted by molar-refractivity contribution is -0.139. The van der Waals surface area contributed by atoms with E-state index >= 15 is 0 Å². The van der Waals surface area contributed by atoms with Crippen LogP contribution >= 0.6 is 0 Å². The van der Waals surface area contributed by atoms with Crippen LogP contribution in [0.5, 0.6) is 5.75 Å². The fraction of sp³-hybridized carbons (Fsp3) is 0.286. The summed E-state index contributed by atoms with van der Waals surface area (Å²) in [6.07, 6.45) is 0.249. The minimum absolute atomic E-state index is 0.0769. The maximum atomic E-state index is 13.7. The number of amides is 1. The van der Waals surface area contributed by atoms with Gasteiger partial charge in [0.1, 0.15) is 23.3 Å². The molecule has 0 saturated heterocycles. The summed E-state index contributed by atoms with van der Waals surface area (Å²) in [7, 11) is 1.44. The summed E-state index contributed by atoms with van der Waals surface area (Å²) in [6, 6.07) is 3.13. The van der Waals surface area contributed by atoms with E-state index in [4.69, 9.17) is 9.84 Å². The van der Waals surface area contributed by atoms with Crippen molar-refractivity contribution < 1.29 is 23.8 Å². The van der Waals surface area contributed by atoms with Crippen molar-refractivity contribution in [3.63, 3.8) is 0 Å². The van der Waals surface area contributed by atoms with Crippen molar-refractivity contribution in [2.24, 2.45) is 0 Å². The molecule has 6 nitrogen and oxygen atoms in total. The summed E-state index contributed by atoms with van der Waals surface area (Å²) in [5.41, 5.74) is 0.218. The minimum atomic E-state index is -1.12. The Hall–Kier alpha value is -2.57. The molecular formula is C14H15FN2O4. The van der Waals surface area contributed by atoms with Crippen molar-refractivity contribution in [3.05, 3.63) is 29.7 Å². The average molecular weight is 294 g/mol. The smallest absolute Gasteiger partial charge is 0.326 e. The number of ether oxygens (including phenoxy) is 1. The first-order chi connectivity index (χ1) is 9.97. The van der Waals surface area contributed by atoms with Crippen LogP contribution < -0.4 is 10.1 Å². The number of hydrogen-bond donors (Lipinski definition) is 3. The number of rotatable bonds is 5. The van der Waals surface area contributed by atoms with Gasteiger partial charge in [-0.1, -0.05) is 6.92 Å². The van der Waals surface area contributed by atoms with Gasteiger partial charge in [-0.25, -0.2) is 9.18 Å². The molecule has 3 N–H and O–H groups in total. The highest BCUT2D eigenvalue weighted by molar-refractivity contribution is 6.01. The number of halogens is 1. The number of carboxylic acid groups (broad SMARTS) is 1. The van der Waals surface area contributed by atoms with Crippen LogP contribution in [0.15, 0.2) is 18.2 Å². The molecule has 1 aromatic carbocycles. The first kappa shape index (κ1) is 14.8. The molecule has 1 unspecified atom stereocenters. The molecule has 7 heteroatoms. The van der Waals surface area contributed by atoms with Gasteiger partial charge in [-0.3, -0.25) is 4.79 Å². The maximum Gasteiger partial charge on any atom is 0.326 e. The standard InChI is InChI=1S/C14H15FN2O4/c1-3-9(14(19)20)17-13(18)10-6-7-11(21-2)5-4-8(15)12(7)16-10/h4-6,9,16H,3H2,1-2H3,(H,17,18)(H,19,20). The Morgan fingerprint density at radius 1 is 1.48 bits per heavy atom. The van der Waals surface area contributed by atoms with Crippen LogP contribution in [0, 0.1) is 5.82 Å². The van der Waals surface area contributed by atoms with Crippen molar-refractivity contribution in [2.45, 2.75) is 19.4 Å². The zero-order valence-corrected chi connectivity index (χ0v) is 11.6. The van der Waals surface area contributed by atoms with E-state index in [0.717, 1.165) is 0 Å². The van der Waals surface area contributed by atoms with E-state index in [1.54, 1.807) is 6.92 Å². The van der Waals surface area contributed by atoms with Crippen LogP contribution in [0.4, 0.5) is 4.39 Å². The molecular weight excluding hydrogens is 279 g/mol. The molecule has 21 heavy (non-hydrogen) atoms. The number of aromatic nitrogens is 1. The van der Waals surface area contributed by atoms with Crippen LogP contribution in [-0.4, -0.2) is 35.1 Å². The molecule has 112 valence electrons. The number of carbonyl (C=O) groups excluding carboxylic acids is 1. The van der Waals surface area contributed by atoms with E-state index in [1.165, 1.54) is 25.3 Å². The Labute approximate surface area is 119 Å². The highest BCUT2D eigenvalue weighted by atomic mass is 19.1. The second-order valence-corrected chi connectivity index (χ2v) is 4.49. The minimum Gasteiger partial charge on any atom is -0.496 e. The summed E-state index contributed by atoms with van der Waals surface area (Å²) in [4.78, 5) is 25.6. The zero-order chi connectivity index (χ0) is 15.6. The lowest BCUT2D eigenvalue weighted by atomic mass is 10.2. The average Bonchev–Trinajstić information content (AvgIpc) is 2.90. The molecule has 0 fully saturated rings. The van der Waals surface area contributed by atoms with Gasteiger partial charge in [-0.15, -0.1) is 0 Å². The van der Waals surface area contributed by atoms with E-state index in [2.05, 4.69) is 10.3 Å². The van der Waals surface area contributed by atoms with Crippen LogP contribution in [0.25, 0.3) is 10.9 Å². The normalized spacial score (nSPS) is 12.1. The Kier molecular flexibility index (Phi) is 4.11. The monoisotopic (exact) mass is 294 g/mol. The lowest BCUT2D eigenvalue weighted by Gasteiger charge is -2.10. The summed E-state index contributed by atoms with van der Waals surface area (Å²) in [6.45, 7) is 1.65. The third-order valence-electron chi connectivity index (χ3n) is 3.18. The molecule has 1 heterocycles. The fourth-order valence-corrected chi connectivity index (χ4v) is 2.03. The number of benzene rings is 1. The Morgan fingerprint density at radius 2 is 2.19 bits per heavy atom. The molecule has 0 bridgehead atoms. The number of H-pyrrole nitrogens is 1. The van der Waals surface area contributed by atoms with Gasteiger partial charge < -0.3 is 20.1 Å². The molecule has 2 aromatic rings. The first-order valence-electron chi connectivity index (χ1n) is 6.36. The van der Waals surface area contributed by atoms with Gasteiger partial charge in [0, 0.05) is 5.39 Å². The SMILES string of the molecule is CCC(NC(=O)c1cc2c(OC)ccc(F)c2[nH]1)C(=O)O. The summed E-state index contributed by atoms with van der Waals surface area (Å²) < 4.78 is 18.8. The van der Waals surface area contributed by atoms with Gasteiger partial charge in [-0.2, -0.15) is 0 Å². The van der Waals surface area contributed by atoms with Crippen LogP contribution in [0.2, 0.25) is 0 Å². The second-order valence-electron chi connectivity index (χ2n) is 4.49. The number of fused-ring (bicyclic) bond motifs is 1. The second kappa shape index (κ2) is 5.82. The van der Waals surface area contributed by atoms with Gasteiger partial charge >= 0.3 is 5.97 Å². The third kappa shape index (κ3) is 2.81. The summed E-state index contributed by atoms with van der Waals surface area (Å²) in [5, 5.41) is 11.7. The Morgan fingerprint density at radius 3 is 2.76 bits per heavy atom.